The van der Waals surface area contributed by atoms with Gasteiger partial charge in [-0.15, -0.1) is 11.3 Å². The first kappa shape index (κ1) is 12.6. The second-order valence-electron chi connectivity index (χ2n) is 6.29. The van der Waals surface area contributed by atoms with Crippen molar-refractivity contribution in [2.24, 2.45) is 23.0 Å². The predicted molar refractivity (Wildman–Crippen MR) is 75.7 cm³/mol. The maximum atomic E-state index is 10.9. The van der Waals surface area contributed by atoms with Gasteiger partial charge in [0, 0.05) is 21.7 Å². The number of aliphatic hydroxyl groups excluding tert-OH is 1. The lowest BCUT2D eigenvalue weighted by atomic mass is 9.67. The molecular weight excluding hydrogens is 242 g/mol. The quantitative estimate of drug-likeness (QED) is 0.882. The van der Waals surface area contributed by atoms with Crippen molar-refractivity contribution in [1.82, 2.24) is 0 Å². The fraction of sp³-hybridized carbons (Fsp3) is 0.733. The van der Waals surface area contributed by atoms with E-state index in [4.69, 9.17) is 5.73 Å². The molecule has 100 valence electrons. The van der Waals surface area contributed by atoms with Crippen LogP contribution in [0.4, 0.5) is 0 Å². The summed E-state index contributed by atoms with van der Waals surface area (Å²) in [5, 5.41) is 10.9. The molecule has 3 heteroatoms. The van der Waals surface area contributed by atoms with E-state index in [0.29, 0.717) is 12.5 Å². The largest absolute Gasteiger partial charge is 0.388 e. The molecule has 2 bridgehead atoms. The van der Waals surface area contributed by atoms with Crippen molar-refractivity contribution in [2.45, 2.75) is 45.6 Å². The number of rotatable bonds is 3. The van der Waals surface area contributed by atoms with Gasteiger partial charge >= 0.3 is 0 Å². The van der Waals surface area contributed by atoms with Crippen LogP contribution < -0.4 is 5.73 Å². The van der Waals surface area contributed by atoms with Crippen LogP contribution in [0.1, 0.15) is 47.1 Å². The standard InChI is InChI=1S/C15H23NOS/c1-9-5-13(10(2)18-9)14(17)15(8-16)7-11-3-4-12(15)6-11/h5,11-12,14,17H,3-4,6-8,16H2,1-2H3. The molecule has 0 spiro atoms. The van der Waals surface area contributed by atoms with E-state index >= 15 is 0 Å². The van der Waals surface area contributed by atoms with Gasteiger partial charge < -0.3 is 10.8 Å². The van der Waals surface area contributed by atoms with Gasteiger partial charge in [0.2, 0.25) is 0 Å². The average molecular weight is 265 g/mol. The molecule has 2 saturated carbocycles. The summed E-state index contributed by atoms with van der Waals surface area (Å²) in [4.78, 5) is 2.55. The van der Waals surface area contributed by atoms with E-state index in [1.165, 1.54) is 29.0 Å². The molecule has 2 fully saturated rings. The SMILES string of the molecule is Cc1cc(C(O)C2(CN)CC3CCC2C3)c(C)s1. The van der Waals surface area contributed by atoms with Crippen molar-refractivity contribution in [3.8, 4) is 0 Å². The van der Waals surface area contributed by atoms with E-state index in [1.54, 1.807) is 11.3 Å². The summed E-state index contributed by atoms with van der Waals surface area (Å²) in [6, 6.07) is 2.16. The van der Waals surface area contributed by atoms with Crippen molar-refractivity contribution in [2.75, 3.05) is 6.54 Å². The smallest absolute Gasteiger partial charge is 0.0871 e. The minimum Gasteiger partial charge on any atom is -0.388 e. The minimum atomic E-state index is -0.359. The maximum Gasteiger partial charge on any atom is 0.0871 e. The van der Waals surface area contributed by atoms with Gasteiger partial charge in [-0.05, 0) is 56.6 Å². The number of thiophene rings is 1. The molecule has 0 saturated heterocycles. The van der Waals surface area contributed by atoms with Crippen molar-refractivity contribution in [1.29, 1.82) is 0 Å². The average Bonchev–Trinajstić information content (AvgIpc) is 3.02. The number of aliphatic hydroxyl groups is 1. The molecule has 0 aliphatic heterocycles. The molecule has 0 amide bonds. The van der Waals surface area contributed by atoms with Crippen molar-refractivity contribution in [3.63, 3.8) is 0 Å². The molecule has 1 aromatic heterocycles. The lowest BCUT2D eigenvalue weighted by Crippen LogP contribution is -2.41. The van der Waals surface area contributed by atoms with Gasteiger partial charge in [-0.25, -0.2) is 0 Å². The zero-order valence-corrected chi connectivity index (χ0v) is 12.1. The molecule has 1 heterocycles. The molecule has 4 unspecified atom stereocenters. The Bertz CT molecular complexity index is 455. The molecule has 0 aromatic carbocycles. The Morgan fingerprint density at radius 3 is 2.72 bits per heavy atom. The fourth-order valence-corrected chi connectivity index (χ4v) is 5.37. The van der Waals surface area contributed by atoms with Crippen LogP contribution in [0.25, 0.3) is 0 Å². The molecule has 2 aliphatic carbocycles. The Morgan fingerprint density at radius 2 is 2.28 bits per heavy atom. The van der Waals surface area contributed by atoms with Crippen LogP contribution >= 0.6 is 11.3 Å². The van der Waals surface area contributed by atoms with E-state index < -0.39 is 0 Å². The number of fused-ring (bicyclic) bond motifs is 2. The molecule has 18 heavy (non-hydrogen) atoms. The van der Waals surface area contributed by atoms with Crippen LogP contribution in [-0.4, -0.2) is 11.7 Å². The van der Waals surface area contributed by atoms with Gasteiger partial charge in [0.25, 0.3) is 0 Å². The monoisotopic (exact) mass is 265 g/mol. The Morgan fingerprint density at radius 1 is 1.50 bits per heavy atom. The third-order valence-electron chi connectivity index (χ3n) is 5.32. The van der Waals surface area contributed by atoms with Crippen molar-refractivity contribution < 1.29 is 5.11 Å². The predicted octanol–water partition coefficient (Wildman–Crippen LogP) is 3.16. The summed E-state index contributed by atoms with van der Waals surface area (Å²) in [5.74, 6) is 1.45. The highest BCUT2D eigenvalue weighted by Gasteiger charge is 2.54. The van der Waals surface area contributed by atoms with Crippen LogP contribution in [0.3, 0.4) is 0 Å². The van der Waals surface area contributed by atoms with Crippen LogP contribution in [0.15, 0.2) is 6.07 Å². The van der Waals surface area contributed by atoms with Gasteiger partial charge in [-0.3, -0.25) is 0 Å². The summed E-state index contributed by atoms with van der Waals surface area (Å²) in [7, 11) is 0. The van der Waals surface area contributed by atoms with Crippen LogP contribution in [-0.2, 0) is 0 Å². The highest BCUT2D eigenvalue weighted by atomic mass is 32.1. The third kappa shape index (κ3) is 1.68. The molecule has 4 atom stereocenters. The first-order valence-corrected chi connectivity index (χ1v) is 7.83. The van der Waals surface area contributed by atoms with Crippen LogP contribution in [0.2, 0.25) is 0 Å². The van der Waals surface area contributed by atoms with Crippen LogP contribution in [0.5, 0.6) is 0 Å². The fourth-order valence-electron chi connectivity index (χ4n) is 4.41. The van der Waals surface area contributed by atoms with Crippen LogP contribution in [0, 0.1) is 31.1 Å². The first-order valence-electron chi connectivity index (χ1n) is 7.02. The molecule has 2 nitrogen and oxygen atoms in total. The zero-order valence-electron chi connectivity index (χ0n) is 11.3. The lowest BCUT2D eigenvalue weighted by Gasteiger charge is -2.41. The number of aryl methyl sites for hydroxylation is 2. The highest BCUT2D eigenvalue weighted by molar-refractivity contribution is 7.12. The van der Waals surface area contributed by atoms with E-state index in [2.05, 4.69) is 19.9 Å². The van der Waals surface area contributed by atoms with Gasteiger partial charge in [-0.1, -0.05) is 6.42 Å². The molecule has 3 N–H and O–H groups in total. The number of hydrogen-bond acceptors (Lipinski definition) is 3. The summed E-state index contributed by atoms with van der Waals surface area (Å²) in [5.41, 5.74) is 7.19. The molecular formula is C15H23NOS. The van der Waals surface area contributed by atoms with Gasteiger partial charge in [0.15, 0.2) is 0 Å². The maximum absolute atomic E-state index is 10.9. The molecule has 2 aliphatic rings. The first-order chi connectivity index (χ1) is 8.56. The normalized spacial score (nSPS) is 36.2. The van der Waals surface area contributed by atoms with E-state index in [0.717, 1.165) is 17.9 Å². The zero-order chi connectivity index (χ0) is 12.9. The second-order valence-corrected chi connectivity index (χ2v) is 7.75. The second kappa shape index (κ2) is 4.32. The molecule has 0 radical (unpaired) electrons. The van der Waals surface area contributed by atoms with E-state index in [-0.39, 0.29) is 11.5 Å². The number of nitrogens with two attached hydrogens (primary N) is 1. The summed E-state index contributed by atoms with van der Waals surface area (Å²) in [6.07, 6.45) is 4.67. The Balaban J connectivity index is 1.95. The van der Waals surface area contributed by atoms with Crippen molar-refractivity contribution in [3.05, 3.63) is 21.4 Å². The number of hydrogen-bond donors (Lipinski definition) is 2. The van der Waals surface area contributed by atoms with E-state index in [9.17, 15) is 5.11 Å². The van der Waals surface area contributed by atoms with Gasteiger partial charge in [0.1, 0.15) is 0 Å². The molecule has 3 rings (SSSR count). The lowest BCUT2D eigenvalue weighted by molar-refractivity contribution is -0.0131. The molecule has 1 aromatic rings. The summed E-state index contributed by atoms with van der Waals surface area (Å²) >= 11 is 1.78. The van der Waals surface area contributed by atoms with Gasteiger partial charge in [0.05, 0.1) is 6.10 Å². The van der Waals surface area contributed by atoms with Crippen molar-refractivity contribution >= 4 is 11.3 Å². The highest BCUT2D eigenvalue weighted by Crippen LogP contribution is 2.60. The third-order valence-corrected chi connectivity index (χ3v) is 6.30. The Labute approximate surface area is 113 Å². The minimum absolute atomic E-state index is 0.0405. The Kier molecular flexibility index (Phi) is 3.04. The summed E-state index contributed by atoms with van der Waals surface area (Å²) < 4.78 is 0. The van der Waals surface area contributed by atoms with Gasteiger partial charge in [-0.2, -0.15) is 0 Å². The summed E-state index contributed by atoms with van der Waals surface area (Å²) in [6.45, 7) is 4.86. The van der Waals surface area contributed by atoms with E-state index in [1.807, 2.05) is 0 Å². The Hall–Kier alpha value is -0.380. The topological polar surface area (TPSA) is 46.2 Å².